The molecule has 39 heavy (non-hydrogen) atoms. The Morgan fingerprint density at radius 3 is 2.41 bits per heavy atom. The van der Waals surface area contributed by atoms with Crippen molar-refractivity contribution >= 4 is 33.4 Å². The van der Waals surface area contributed by atoms with Crippen LogP contribution in [0.5, 0.6) is 0 Å². The van der Waals surface area contributed by atoms with E-state index in [1.54, 1.807) is 50.2 Å². The van der Waals surface area contributed by atoms with E-state index in [4.69, 9.17) is 11.6 Å². The summed E-state index contributed by atoms with van der Waals surface area (Å²) in [5.41, 5.74) is -1.08. The molecule has 0 spiro atoms. The molecule has 3 saturated carbocycles. The fraction of sp³-hybridized carbons (Fsp3) is 0.500. The summed E-state index contributed by atoms with van der Waals surface area (Å²) in [6, 6.07) is 10.9. The van der Waals surface area contributed by atoms with Gasteiger partial charge < -0.3 is 10.6 Å². The highest BCUT2D eigenvalue weighted by atomic mass is 35.5. The molecule has 13 heteroatoms. The second kappa shape index (κ2) is 9.45. The van der Waals surface area contributed by atoms with Gasteiger partial charge >= 0.3 is 6.18 Å². The maximum atomic E-state index is 13.8. The molecule has 2 heterocycles. The SMILES string of the molecule is CC1(C)NC(C23CC(N(Cc4ccc(Cl)cc4)S(=O)(=O)c4ccccn4)(C2)C3)=N[C@H]1C(=O)NCCC(F)(F)F. The number of aromatic nitrogens is 1. The van der Waals surface area contributed by atoms with Crippen molar-refractivity contribution < 1.29 is 26.4 Å². The number of amides is 1. The van der Waals surface area contributed by atoms with Crippen molar-refractivity contribution in [2.24, 2.45) is 10.4 Å². The van der Waals surface area contributed by atoms with E-state index < -0.39 is 57.6 Å². The Bertz CT molecular complexity index is 1380. The Morgan fingerprint density at radius 1 is 1.15 bits per heavy atom. The van der Waals surface area contributed by atoms with Crippen molar-refractivity contribution in [2.75, 3.05) is 6.54 Å². The summed E-state index contributed by atoms with van der Waals surface area (Å²) < 4.78 is 66.6. The Balaban J connectivity index is 1.35. The van der Waals surface area contributed by atoms with Gasteiger partial charge in [0.15, 0.2) is 11.1 Å². The molecule has 1 aromatic heterocycles. The fourth-order valence-electron chi connectivity index (χ4n) is 5.90. The third kappa shape index (κ3) is 5.14. The molecule has 4 aliphatic rings. The molecular formula is C26H29ClF3N5O3S. The molecule has 0 radical (unpaired) electrons. The van der Waals surface area contributed by atoms with E-state index in [9.17, 15) is 26.4 Å². The summed E-state index contributed by atoms with van der Waals surface area (Å²) in [5.74, 6) is 0.0298. The van der Waals surface area contributed by atoms with E-state index in [0.29, 0.717) is 30.1 Å². The van der Waals surface area contributed by atoms with Crippen LogP contribution in [0.3, 0.4) is 0 Å². The first-order chi connectivity index (χ1) is 18.2. The van der Waals surface area contributed by atoms with E-state index in [0.717, 1.165) is 5.56 Å². The summed E-state index contributed by atoms with van der Waals surface area (Å²) in [6.07, 6.45) is -2.52. The zero-order valence-electron chi connectivity index (χ0n) is 21.4. The van der Waals surface area contributed by atoms with Gasteiger partial charge in [-0.05, 0) is 62.9 Å². The van der Waals surface area contributed by atoms with Gasteiger partial charge in [-0.1, -0.05) is 29.8 Å². The molecular weight excluding hydrogens is 555 g/mol. The van der Waals surface area contributed by atoms with Crippen LogP contribution in [0.25, 0.3) is 0 Å². The summed E-state index contributed by atoms with van der Waals surface area (Å²) in [6.45, 7) is 3.18. The highest BCUT2D eigenvalue weighted by molar-refractivity contribution is 7.89. The fourth-order valence-corrected chi connectivity index (χ4v) is 7.72. The Morgan fingerprint density at radius 2 is 1.82 bits per heavy atom. The number of amidine groups is 1. The van der Waals surface area contributed by atoms with E-state index >= 15 is 0 Å². The predicted molar refractivity (Wildman–Crippen MR) is 140 cm³/mol. The predicted octanol–water partition coefficient (Wildman–Crippen LogP) is 4.07. The Kier molecular flexibility index (Phi) is 6.75. The van der Waals surface area contributed by atoms with Gasteiger partial charge in [0.1, 0.15) is 5.84 Å². The molecule has 1 aromatic carbocycles. The first-order valence-electron chi connectivity index (χ1n) is 12.6. The molecule has 0 saturated heterocycles. The number of nitrogens with one attached hydrogen (secondary N) is 2. The summed E-state index contributed by atoms with van der Waals surface area (Å²) in [7, 11) is -3.94. The molecule has 2 N–H and O–H groups in total. The van der Waals surface area contributed by atoms with Crippen molar-refractivity contribution in [3.63, 3.8) is 0 Å². The maximum absolute atomic E-state index is 13.8. The lowest BCUT2D eigenvalue weighted by molar-refractivity contribution is -0.151. The van der Waals surface area contributed by atoms with Crippen LogP contribution in [0.1, 0.15) is 45.1 Å². The van der Waals surface area contributed by atoms with Crippen LogP contribution < -0.4 is 10.6 Å². The summed E-state index contributed by atoms with van der Waals surface area (Å²) >= 11 is 6.03. The quantitative estimate of drug-likeness (QED) is 0.463. The number of halogens is 4. The molecule has 3 aliphatic carbocycles. The molecule has 1 amide bonds. The smallest absolute Gasteiger partial charge is 0.366 e. The minimum Gasteiger partial charge on any atom is -0.366 e. The largest absolute Gasteiger partial charge is 0.390 e. The normalized spacial score (nSPS) is 27.3. The van der Waals surface area contributed by atoms with Gasteiger partial charge in [0.2, 0.25) is 5.91 Å². The lowest BCUT2D eigenvalue weighted by Crippen LogP contribution is -2.78. The Labute approximate surface area is 230 Å². The molecule has 0 unspecified atom stereocenters. The highest BCUT2D eigenvalue weighted by Crippen LogP contribution is 2.71. The van der Waals surface area contributed by atoms with Crippen molar-refractivity contribution in [1.82, 2.24) is 19.9 Å². The number of aliphatic imine (C=N–C) groups is 1. The van der Waals surface area contributed by atoms with Crippen LogP contribution in [0, 0.1) is 5.41 Å². The minimum absolute atomic E-state index is 0.0363. The maximum Gasteiger partial charge on any atom is 0.390 e. The van der Waals surface area contributed by atoms with E-state index in [2.05, 4.69) is 20.6 Å². The third-order valence-corrected chi connectivity index (χ3v) is 9.92. The van der Waals surface area contributed by atoms with Crippen LogP contribution >= 0.6 is 11.6 Å². The van der Waals surface area contributed by atoms with Crippen molar-refractivity contribution in [1.29, 1.82) is 0 Å². The number of rotatable bonds is 9. The van der Waals surface area contributed by atoms with Gasteiger partial charge in [-0.25, -0.2) is 13.4 Å². The molecule has 8 nitrogen and oxygen atoms in total. The van der Waals surface area contributed by atoms with Crippen LogP contribution in [0.15, 0.2) is 58.7 Å². The number of nitrogens with zero attached hydrogens (tertiary/aromatic N) is 3. The van der Waals surface area contributed by atoms with Gasteiger partial charge in [-0.3, -0.25) is 9.79 Å². The number of hydrogen-bond acceptors (Lipinski definition) is 6. The van der Waals surface area contributed by atoms with Crippen LogP contribution in [-0.2, 0) is 21.4 Å². The average molecular weight is 584 g/mol. The Hall–Kier alpha value is -2.70. The van der Waals surface area contributed by atoms with Gasteiger partial charge in [0.25, 0.3) is 10.0 Å². The number of pyridine rings is 1. The standard InChI is InChI=1S/C26H29ClF3N5O3S/c1-23(2)20(21(36)32-12-10-26(28,29)30)33-22(34-23)24-14-25(15-24,16-24)35(13-17-6-8-18(27)9-7-17)39(37,38)19-5-3-4-11-31-19/h3-9,11,20H,10,12-16H2,1-2H3,(H,32,36)(H,33,34)/t20-,24?,25?/m0/s1. The van der Waals surface area contributed by atoms with Crippen LogP contribution in [0.4, 0.5) is 13.2 Å². The van der Waals surface area contributed by atoms with Crippen molar-refractivity contribution in [2.45, 2.75) is 74.4 Å². The van der Waals surface area contributed by atoms with Gasteiger partial charge in [0, 0.05) is 35.3 Å². The lowest BCUT2D eigenvalue weighted by atomic mass is 9.38. The monoisotopic (exact) mass is 583 g/mol. The second-order valence-electron chi connectivity index (χ2n) is 11.2. The number of sulfonamides is 1. The highest BCUT2D eigenvalue weighted by Gasteiger charge is 2.75. The number of benzene rings is 1. The molecule has 1 atom stereocenters. The third-order valence-electron chi connectivity index (χ3n) is 7.80. The zero-order chi connectivity index (χ0) is 28.3. The molecule has 2 bridgehead atoms. The molecule has 2 aromatic rings. The summed E-state index contributed by atoms with van der Waals surface area (Å²) in [4.78, 5) is 21.4. The van der Waals surface area contributed by atoms with E-state index in [1.165, 1.54) is 16.6 Å². The first kappa shape index (κ1) is 27.9. The average Bonchev–Trinajstić information content (AvgIpc) is 3.12. The molecule has 210 valence electrons. The topological polar surface area (TPSA) is 104 Å². The molecule has 6 rings (SSSR count). The zero-order valence-corrected chi connectivity index (χ0v) is 23.0. The lowest BCUT2D eigenvalue weighted by Gasteiger charge is -2.72. The molecule has 1 aliphatic heterocycles. The van der Waals surface area contributed by atoms with Crippen molar-refractivity contribution in [3.8, 4) is 0 Å². The van der Waals surface area contributed by atoms with E-state index in [1.807, 2.05) is 0 Å². The second-order valence-corrected chi connectivity index (χ2v) is 13.5. The van der Waals surface area contributed by atoms with Gasteiger partial charge in [-0.15, -0.1) is 0 Å². The number of hydrogen-bond donors (Lipinski definition) is 2. The van der Waals surface area contributed by atoms with E-state index in [-0.39, 0.29) is 11.6 Å². The van der Waals surface area contributed by atoms with Gasteiger partial charge in [-0.2, -0.15) is 17.5 Å². The van der Waals surface area contributed by atoms with Crippen LogP contribution in [0.2, 0.25) is 5.02 Å². The van der Waals surface area contributed by atoms with Crippen molar-refractivity contribution in [3.05, 3.63) is 59.2 Å². The number of alkyl halides is 3. The number of carbonyl (C=O) groups is 1. The molecule has 3 fully saturated rings. The van der Waals surface area contributed by atoms with Gasteiger partial charge in [0.05, 0.1) is 12.0 Å². The minimum atomic E-state index is -4.36. The summed E-state index contributed by atoms with van der Waals surface area (Å²) in [5, 5.41) is 6.16. The number of carbonyl (C=O) groups excluding carboxylic acids is 1. The first-order valence-corrected chi connectivity index (χ1v) is 14.4. The van der Waals surface area contributed by atoms with Crippen LogP contribution in [-0.4, -0.2) is 59.3 Å².